The first kappa shape index (κ1) is 13.1. The van der Waals surface area contributed by atoms with Crippen molar-refractivity contribution in [3.05, 3.63) is 66.2 Å². The number of nitrogens with one attached hydrogen (secondary N) is 1. The van der Waals surface area contributed by atoms with E-state index in [4.69, 9.17) is 5.73 Å². The molecule has 2 unspecified atom stereocenters. The van der Waals surface area contributed by atoms with Crippen LogP contribution in [-0.2, 0) is 4.79 Å². The number of nitrogens with two attached hydrogens (primary N) is 1. The van der Waals surface area contributed by atoms with E-state index in [1.54, 1.807) is 0 Å². The Hall–Kier alpha value is -2.29. The van der Waals surface area contributed by atoms with Crippen LogP contribution in [0.4, 0.5) is 5.69 Å². The van der Waals surface area contributed by atoms with Crippen LogP contribution >= 0.6 is 0 Å². The topological polar surface area (TPSA) is 55.1 Å². The number of amides is 1. The molecule has 0 spiro atoms. The molecule has 0 bridgehead atoms. The summed E-state index contributed by atoms with van der Waals surface area (Å²) in [6, 6.07) is 19.1. The molecular formula is C16H18N2O. The Labute approximate surface area is 113 Å². The highest BCUT2D eigenvalue weighted by molar-refractivity contribution is 5.84. The zero-order valence-electron chi connectivity index (χ0n) is 10.9. The number of para-hydroxylation sites is 1. The molecule has 98 valence electrons. The van der Waals surface area contributed by atoms with Gasteiger partial charge in [0, 0.05) is 11.6 Å². The number of carbonyl (C=O) groups excluding carboxylic acids is 1. The van der Waals surface area contributed by atoms with Crippen molar-refractivity contribution in [2.75, 3.05) is 5.32 Å². The van der Waals surface area contributed by atoms with Crippen molar-refractivity contribution in [2.45, 2.75) is 18.9 Å². The van der Waals surface area contributed by atoms with Gasteiger partial charge in [0.15, 0.2) is 0 Å². The molecule has 0 heterocycles. The van der Waals surface area contributed by atoms with E-state index in [2.05, 4.69) is 5.32 Å². The molecule has 2 aromatic rings. The van der Waals surface area contributed by atoms with Crippen LogP contribution in [0.5, 0.6) is 0 Å². The van der Waals surface area contributed by atoms with Crippen LogP contribution in [0.25, 0.3) is 0 Å². The maximum Gasteiger partial charge on any atom is 0.240 e. The minimum atomic E-state index is -0.426. The first-order valence-electron chi connectivity index (χ1n) is 6.34. The van der Waals surface area contributed by atoms with E-state index in [9.17, 15) is 4.79 Å². The number of primary amides is 1. The molecule has 0 saturated carbocycles. The summed E-state index contributed by atoms with van der Waals surface area (Å²) in [4.78, 5) is 11.7. The molecule has 0 aliphatic carbocycles. The van der Waals surface area contributed by atoms with Crippen molar-refractivity contribution >= 4 is 11.6 Å². The fraction of sp³-hybridized carbons (Fsp3) is 0.188. The molecular weight excluding hydrogens is 236 g/mol. The molecule has 2 aromatic carbocycles. The Kier molecular flexibility index (Phi) is 4.18. The molecule has 0 radical (unpaired) electrons. The SMILES string of the molecule is CC(c1ccccc1)C(Nc1ccccc1)C(N)=O. The summed E-state index contributed by atoms with van der Waals surface area (Å²) in [5, 5.41) is 3.20. The average Bonchev–Trinajstić information content (AvgIpc) is 2.46. The summed E-state index contributed by atoms with van der Waals surface area (Å²) in [6.45, 7) is 2.00. The number of hydrogen-bond acceptors (Lipinski definition) is 2. The van der Waals surface area contributed by atoms with Crippen molar-refractivity contribution in [3.8, 4) is 0 Å². The third kappa shape index (κ3) is 3.35. The average molecular weight is 254 g/mol. The highest BCUT2D eigenvalue weighted by Gasteiger charge is 2.23. The van der Waals surface area contributed by atoms with E-state index in [0.29, 0.717) is 0 Å². The molecule has 2 rings (SSSR count). The fourth-order valence-electron chi connectivity index (χ4n) is 2.11. The van der Waals surface area contributed by atoms with Gasteiger partial charge in [-0.15, -0.1) is 0 Å². The van der Waals surface area contributed by atoms with Crippen LogP contribution in [-0.4, -0.2) is 11.9 Å². The molecule has 0 aromatic heterocycles. The van der Waals surface area contributed by atoms with E-state index in [-0.39, 0.29) is 11.8 Å². The zero-order valence-corrected chi connectivity index (χ0v) is 10.9. The van der Waals surface area contributed by atoms with Gasteiger partial charge in [-0.2, -0.15) is 0 Å². The Morgan fingerprint density at radius 1 is 1.00 bits per heavy atom. The molecule has 0 aliphatic heterocycles. The van der Waals surface area contributed by atoms with Crippen molar-refractivity contribution in [1.82, 2.24) is 0 Å². The summed E-state index contributed by atoms with van der Waals surface area (Å²) in [6.07, 6.45) is 0. The highest BCUT2D eigenvalue weighted by Crippen LogP contribution is 2.22. The second kappa shape index (κ2) is 6.05. The monoisotopic (exact) mass is 254 g/mol. The second-order valence-corrected chi connectivity index (χ2v) is 4.59. The predicted molar refractivity (Wildman–Crippen MR) is 77.9 cm³/mol. The normalized spacial score (nSPS) is 13.5. The molecule has 1 amide bonds. The Morgan fingerprint density at radius 2 is 1.53 bits per heavy atom. The van der Waals surface area contributed by atoms with Crippen LogP contribution in [0.1, 0.15) is 18.4 Å². The predicted octanol–water partition coefficient (Wildman–Crippen LogP) is 2.76. The highest BCUT2D eigenvalue weighted by atomic mass is 16.1. The molecule has 0 saturated heterocycles. The van der Waals surface area contributed by atoms with Crippen LogP contribution in [0.2, 0.25) is 0 Å². The molecule has 3 nitrogen and oxygen atoms in total. The Bertz CT molecular complexity index is 525. The van der Waals surface area contributed by atoms with Crippen LogP contribution < -0.4 is 11.1 Å². The maximum atomic E-state index is 11.7. The van der Waals surface area contributed by atoms with Gasteiger partial charge in [-0.3, -0.25) is 4.79 Å². The third-order valence-electron chi connectivity index (χ3n) is 3.23. The van der Waals surface area contributed by atoms with E-state index in [1.807, 2.05) is 67.6 Å². The lowest BCUT2D eigenvalue weighted by atomic mass is 9.92. The number of anilines is 1. The van der Waals surface area contributed by atoms with Crippen LogP contribution in [0, 0.1) is 0 Å². The maximum absolute atomic E-state index is 11.7. The summed E-state index contributed by atoms with van der Waals surface area (Å²) < 4.78 is 0. The summed E-state index contributed by atoms with van der Waals surface area (Å²) in [5.74, 6) is -0.334. The smallest absolute Gasteiger partial charge is 0.240 e. The van der Waals surface area contributed by atoms with Gasteiger partial charge in [0.1, 0.15) is 6.04 Å². The number of rotatable bonds is 5. The van der Waals surface area contributed by atoms with Crippen molar-refractivity contribution in [1.29, 1.82) is 0 Å². The van der Waals surface area contributed by atoms with Gasteiger partial charge < -0.3 is 11.1 Å². The quantitative estimate of drug-likeness (QED) is 0.862. The van der Waals surface area contributed by atoms with E-state index in [1.165, 1.54) is 0 Å². The molecule has 3 heteroatoms. The van der Waals surface area contributed by atoms with Gasteiger partial charge in [0.25, 0.3) is 0 Å². The minimum Gasteiger partial charge on any atom is -0.373 e. The summed E-state index contributed by atoms with van der Waals surface area (Å²) in [5.41, 5.74) is 7.51. The largest absolute Gasteiger partial charge is 0.373 e. The molecule has 2 atom stereocenters. The van der Waals surface area contributed by atoms with Gasteiger partial charge in [0.2, 0.25) is 5.91 Å². The van der Waals surface area contributed by atoms with Gasteiger partial charge >= 0.3 is 0 Å². The minimum absolute atomic E-state index is 0.0129. The van der Waals surface area contributed by atoms with Crippen molar-refractivity contribution < 1.29 is 4.79 Å². The van der Waals surface area contributed by atoms with Crippen molar-refractivity contribution in [3.63, 3.8) is 0 Å². The van der Waals surface area contributed by atoms with Gasteiger partial charge in [0.05, 0.1) is 0 Å². The Balaban J connectivity index is 2.19. The van der Waals surface area contributed by atoms with Crippen LogP contribution in [0.15, 0.2) is 60.7 Å². The van der Waals surface area contributed by atoms with Crippen molar-refractivity contribution in [2.24, 2.45) is 5.73 Å². The first-order chi connectivity index (χ1) is 9.18. The van der Waals surface area contributed by atoms with E-state index < -0.39 is 6.04 Å². The first-order valence-corrected chi connectivity index (χ1v) is 6.34. The summed E-state index contributed by atoms with van der Waals surface area (Å²) >= 11 is 0. The lowest BCUT2D eigenvalue weighted by molar-refractivity contribution is -0.119. The molecule has 0 fully saturated rings. The fourth-order valence-corrected chi connectivity index (χ4v) is 2.11. The third-order valence-corrected chi connectivity index (χ3v) is 3.23. The molecule has 0 aliphatic rings. The number of hydrogen-bond donors (Lipinski definition) is 2. The van der Waals surface area contributed by atoms with Gasteiger partial charge in [-0.05, 0) is 17.7 Å². The lowest BCUT2D eigenvalue weighted by Gasteiger charge is -2.23. The second-order valence-electron chi connectivity index (χ2n) is 4.59. The Morgan fingerprint density at radius 3 is 2.05 bits per heavy atom. The van der Waals surface area contributed by atoms with Gasteiger partial charge in [-0.25, -0.2) is 0 Å². The van der Waals surface area contributed by atoms with E-state index >= 15 is 0 Å². The van der Waals surface area contributed by atoms with E-state index in [0.717, 1.165) is 11.3 Å². The van der Waals surface area contributed by atoms with Crippen LogP contribution in [0.3, 0.4) is 0 Å². The zero-order chi connectivity index (χ0) is 13.7. The lowest BCUT2D eigenvalue weighted by Crippen LogP contribution is -2.39. The standard InChI is InChI=1S/C16H18N2O/c1-12(13-8-4-2-5-9-13)15(16(17)19)18-14-10-6-3-7-11-14/h2-12,15,18H,1H3,(H2,17,19). The van der Waals surface area contributed by atoms with Gasteiger partial charge in [-0.1, -0.05) is 55.5 Å². The summed E-state index contributed by atoms with van der Waals surface area (Å²) in [7, 11) is 0. The number of benzene rings is 2. The molecule has 3 N–H and O–H groups in total. The number of carbonyl (C=O) groups is 1. The molecule has 19 heavy (non-hydrogen) atoms.